The van der Waals surface area contributed by atoms with E-state index in [9.17, 15) is 4.79 Å². The number of hydrogen-bond donors (Lipinski definition) is 1. The Morgan fingerprint density at radius 2 is 1.93 bits per heavy atom. The van der Waals surface area contributed by atoms with Gasteiger partial charge in [0.1, 0.15) is 0 Å². The van der Waals surface area contributed by atoms with Crippen molar-refractivity contribution in [3.63, 3.8) is 0 Å². The number of carbonyl (C=O) groups excluding carboxylic acids is 1. The molecule has 0 spiro atoms. The van der Waals surface area contributed by atoms with Crippen molar-refractivity contribution in [2.75, 3.05) is 39.3 Å². The van der Waals surface area contributed by atoms with E-state index in [1.54, 1.807) is 0 Å². The van der Waals surface area contributed by atoms with Crippen molar-refractivity contribution in [3.8, 4) is 0 Å². The molecular formula is C11H23N3O. The summed E-state index contributed by atoms with van der Waals surface area (Å²) in [4.78, 5) is 15.8. The molecule has 1 atom stereocenters. The Bertz CT molecular complexity index is 200. The van der Waals surface area contributed by atoms with Gasteiger partial charge in [-0.05, 0) is 12.5 Å². The summed E-state index contributed by atoms with van der Waals surface area (Å²) in [6.07, 6.45) is 0.624. The zero-order valence-electron chi connectivity index (χ0n) is 9.91. The molecule has 2 N–H and O–H groups in total. The van der Waals surface area contributed by atoms with Crippen LogP contribution in [-0.2, 0) is 4.79 Å². The first-order valence-corrected chi connectivity index (χ1v) is 5.87. The Morgan fingerprint density at radius 1 is 1.33 bits per heavy atom. The highest BCUT2D eigenvalue weighted by Gasteiger charge is 2.20. The lowest BCUT2D eigenvalue weighted by Crippen LogP contribution is -2.49. The van der Waals surface area contributed by atoms with Crippen LogP contribution in [0.3, 0.4) is 0 Å². The lowest BCUT2D eigenvalue weighted by atomic mass is 10.1. The van der Waals surface area contributed by atoms with Crippen LogP contribution in [0.5, 0.6) is 0 Å². The molecular weight excluding hydrogens is 190 g/mol. The van der Waals surface area contributed by atoms with Crippen LogP contribution < -0.4 is 5.73 Å². The second kappa shape index (κ2) is 6.08. The maximum absolute atomic E-state index is 11.4. The maximum Gasteiger partial charge on any atom is 0.222 e. The number of nitrogens with two attached hydrogens (primary N) is 1. The quantitative estimate of drug-likeness (QED) is 0.722. The van der Waals surface area contributed by atoms with Gasteiger partial charge in [0, 0.05) is 39.1 Å². The summed E-state index contributed by atoms with van der Waals surface area (Å²) < 4.78 is 0. The molecule has 15 heavy (non-hydrogen) atoms. The molecule has 1 rings (SSSR count). The summed E-state index contributed by atoms with van der Waals surface area (Å²) in [5.41, 5.74) is 5.60. The van der Waals surface area contributed by atoms with Crippen molar-refractivity contribution < 1.29 is 4.79 Å². The molecule has 0 bridgehead atoms. The SMILES string of the molecule is CCC(=O)N1CCN(CC(C)CN)CC1. The first-order chi connectivity index (χ1) is 7.17. The van der Waals surface area contributed by atoms with Crippen molar-refractivity contribution in [1.82, 2.24) is 9.80 Å². The third-order valence-corrected chi connectivity index (χ3v) is 3.00. The third-order valence-electron chi connectivity index (χ3n) is 3.00. The van der Waals surface area contributed by atoms with Crippen LogP contribution >= 0.6 is 0 Å². The number of amides is 1. The smallest absolute Gasteiger partial charge is 0.222 e. The zero-order valence-corrected chi connectivity index (χ0v) is 9.91. The van der Waals surface area contributed by atoms with Gasteiger partial charge in [0.2, 0.25) is 5.91 Å². The van der Waals surface area contributed by atoms with E-state index in [4.69, 9.17) is 5.73 Å². The van der Waals surface area contributed by atoms with Crippen LogP contribution in [0.4, 0.5) is 0 Å². The van der Waals surface area contributed by atoms with E-state index in [0.717, 1.165) is 39.3 Å². The van der Waals surface area contributed by atoms with Gasteiger partial charge < -0.3 is 10.6 Å². The van der Waals surface area contributed by atoms with Crippen LogP contribution in [0.15, 0.2) is 0 Å². The molecule has 0 aliphatic carbocycles. The van der Waals surface area contributed by atoms with Crippen LogP contribution in [0, 0.1) is 5.92 Å². The average Bonchev–Trinajstić information content (AvgIpc) is 2.29. The van der Waals surface area contributed by atoms with E-state index >= 15 is 0 Å². The second-order valence-electron chi connectivity index (χ2n) is 4.38. The zero-order chi connectivity index (χ0) is 11.3. The number of nitrogens with zero attached hydrogens (tertiary/aromatic N) is 2. The first kappa shape index (κ1) is 12.5. The molecule has 0 aromatic rings. The van der Waals surface area contributed by atoms with Crippen molar-refractivity contribution in [1.29, 1.82) is 0 Å². The fraction of sp³-hybridized carbons (Fsp3) is 0.909. The molecule has 1 aliphatic heterocycles. The summed E-state index contributed by atoms with van der Waals surface area (Å²) in [5.74, 6) is 0.833. The number of piperazine rings is 1. The Hall–Kier alpha value is -0.610. The molecule has 4 nitrogen and oxygen atoms in total. The van der Waals surface area contributed by atoms with Gasteiger partial charge in [-0.2, -0.15) is 0 Å². The highest BCUT2D eigenvalue weighted by molar-refractivity contribution is 5.75. The molecule has 4 heteroatoms. The van der Waals surface area contributed by atoms with Crippen molar-refractivity contribution in [2.24, 2.45) is 11.7 Å². The third kappa shape index (κ3) is 3.80. The second-order valence-corrected chi connectivity index (χ2v) is 4.38. The monoisotopic (exact) mass is 213 g/mol. The molecule has 1 unspecified atom stereocenters. The molecule has 0 aromatic heterocycles. The Balaban J connectivity index is 2.26. The lowest BCUT2D eigenvalue weighted by molar-refractivity contribution is -0.132. The van der Waals surface area contributed by atoms with Gasteiger partial charge in [-0.1, -0.05) is 13.8 Å². The van der Waals surface area contributed by atoms with Crippen LogP contribution in [0.1, 0.15) is 20.3 Å². The first-order valence-electron chi connectivity index (χ1n) is 5.87. The van der Waals surface area contributed by atoms with Gasteiger partial charge in [0.05, 0.1) is 0 Å². The van der Waals surface area contributed by atoms with Gasteiger partial charge in [-0.25, -0.2) is 0 Å². The van der Waals surface area contributed by atoms with E-state index < -0.39 is 0 Å². The Morgan fingerprint density at radius 3 is 2.40 bits per heavy atom. The average molecular weight is 213 g/mol. The normalized spacial score (nSPS) is 20.3. The molecule has 88 valence electrons. The predicted octanol–water partition coefficient (Wildman–Crippen LogP) is 0.135. The van der Waals surface area contributed by atoms with Crippen molar-refractivity contribution in [2.45, 2.75) is 20.3 Å². The summed E-state index contributed by atoms with van der Waals surface area (Å²) in [5, 5.41) is 0. The lowest BCUT2D eigenvalue weighted by Gasteiger charge is -2.35. The molecule has 0 radical (unpaired) electrons. The van der Waals surface area contributed by atoms with Gasteiger partial charge in [0.15, 0.2) is 0 Å². The largest absolute Gasteiger partial charge is 0.340 e. The van der Waals surface area contributed by atoms with Gasteiger partial charge in [-0.3, -0.25) is 9.69 Å². The van der Waals surface area contributed by atoms with Gasteiger partial charge in [0.25, 0.3) is 0 Å². The van der Waals surface area contributed by atoms with Gasteiger partial charge in [-0.15, -0.1) is 0 Å². The molecule has 1 saturated heterocycles. The van der Waals surface area contributed by atoms with Crippen LogP contribution in [0.2, 0.25) is 0 Å². The molecule has 1 heterocycles. The van der Waals surface area contributed by atoms with Crippen molar-refractivity contribution >= 4 is 5.91 Å². The highest BCUT2D eigenvalue weighted by atomic mass is 16.2. The maximum atomic E-state index is 11.4. The van der Waals surface area contributed by atoms with E-state index in [1.807, 2.05) is 11.8 Å². The Labute approximate surface area is 92.4 Å². The minimum atomic E-state index is 0.279. The Kier molecular flexibility index (Phi) is 5.05. The van der Waals surface area contributed by atoms with Crippen LogP contribution in [0.25, 0.3) is 0 Å². The molecule has 1 aliphatic rings. The highest BCUT2D eigenvalue weighted by Crippen LogP contribution is 2.06. The van der Waals surface area contributed by atoms with E-state index in [0.29, 0.717) is 12.3 Å². The summed E-state index contributed by atoms with van der Waals surface area (Å²) in [6.45, 7) is 9.65. The fourth-order valence-corrected chi connectivity index (χ4v) is 1.92. The summed E-state index contributed by atoms with van der Waals surface area (Å²) in [7, 11) is 0. The van der Waals surface area contributed by atoms with E-state index in [1.165, 1.54) is 0 Å². The number of rotatable bonds is 4. The molecule has 1 fully saturated rings. The summed E-state index contributed by atoms with van der Waals surface area (Å²) >= 11 is 0. The van der Waals surface area contributed by atoms with E-state index in [2.05, 4.69) is 11.8 Å². The molecule has 0 aromatic carbocycles. The summed E-state index contributed by atoms with van der Waals surface area (Å²) in [6, 6.07) is 0. The minimum absolute atomic E-state index is 0.279. The minimum Gasteiger partial charge on any atom is -0.340 e. The molecule has 0 saturated carbocycles. The topological polar surface area (TPSA) is 49.6 Å². The van der Waals surface area contributed by atoms with E-state index in [-0.39, 0.29) is 5.91 Å². The number of hydrogen-bond acceptors (Lipinski definition) is 3. The fourth-order valence-electron chi connectivity index (χ4n) is 1.92. The van der Waals surface area contributed by atoms with Crippen LogP contribution in [-0.4, -0.2) is 55.0 Å². The van der Waals surface area contributed by atoms with Gasteiger partial charge >= 0.3 is 0 Å². The number of carbonyl (C=O) groups is 1. The predicted molar refractivity (Wildman–Crippen MR) is 61.5 cm³/mol. The van der Waals surface area contributed by atoms with Crippen molar-refractivity contribution in [3.05, 3.63) is 0 Å². The molecule has 1 amide bonds. The standard InChI is InChI=1S/C11H23N3O/c1-3-11(15)14-6-4-13(5-7-14)9-10(2)8-12/h10H,3-9,12H2,1-2H3.